The molecule has 0 radical (unpaired) electrons. The van der Waals surface area contributed by atoms with E-state index in [9.17, 15) is 0 Å². The van der Waals surface area contributed by atoms with Crippen molar-refractivity contribution < 1.29 is 4.74 Å². The topological polar surface area (TPSA) is 34.1 Å². The van der Waals surface area contributed by atoms with E-state index in [0.29, 0.717) is 0 Å². The Morgan fingerprint density at radius 2 is 2.18 bits per heavy atom. The third-order valence-electron chi connectivity index (χ3n) is 3.15. The van der Waals surface area contributed by atoms with Gasteiger partial charge in [-0.25, -0.2) is 0 Å². The maximum absolute atomic E-state index is 6.07. The van der Waals surface area contributed by atoms with E-state index in [1.54, 1.807) is 0 Å². The first-order chi connectivity index (χ1) is 8.43. The van der Waals surface area contributed by atoms with E-state index >= 15 is 0 Å². The fourth-order valence-corrected chi connectivity index (χ4v) is 2.27. The Morgan fingerprint density at radius 3 is 3.06 bits per heavy atom. The molecule has 88 valence electrons. The summed E-state index contributed by atoms with van der Waals surface area (Å²) in [7, 11) is 0. The van der Waals surface area contributed by atoms with Crippen molar-refractivity contribution in [2.75, 3.05) is 13.1 Å². The quantitative estimate of drug-likeness (QED) is 0.856. The smallest absolute Gasteiger partial charge is 0.130 e. The van der Waals surface area contributed by atoms with Gasteiger partial charge in [-0.05, 0) is 37.6 Å². The highest BCUT2D eigenvalue weighted by Gasteiger charge is 2.15. The molecule has 0 aliphatic carbocycles. The number of nitrogens with one attached hydrogen (secondary N) is 1. The van der Waals surface area contributed by atoms with Crippen LogP contribution in [0.1, 0.15) is 12.8 Å². The van der Waals surface area contributed by atoms with Crippen molar-refractivity contribution >= 4 is 10.9 Å². The molecule has 0 bridgehead atoms. The zero-order chi connectivity index (χ0) is 11.5. The summed E-state index contributed by atoms with van der Waals surface area (Å²) in [5.41, 5.74) is 0.994. The van der Waals surface area contributed by atoms with E-state index < -0.39 is 0 Å². The summed E-state index contributed by atoms with van der Waals surface area (Å²) in [5, 5.41) is 4.46. The van der Waals surface area contributed by atoms with Crippen molar-refractivity contribution in [1.29, 1.82) is 0 Å². The molecule has 1 aliphatic rings. The number of piperidine rings is 1. The lowest BCUT2D eigenvalue weighted by atomic mass is 10.1. The van der Waals surface area contributed by atoms with Crippen LogP contribution in [0.15, 0.2) is 36.5 Å². The van der Waals surface area contributed by atoms with Gasteiger partial charge in [0.25, 0.3) is 0 Å². The molecule has 0 saturated carbocycles. The highest BCUT2D eigenvalue weighted by atomic mass is 16.5. The van der Waals surface area contributed by atoms with Gasteiger partial charge in [-0.2, -0.15) is 0 Å². The normalized spacial score (nSPS) is 20.4. The van der Waals surface area contributed by atoms with Gasteiger partial charge in [-0.3, -0.25) is 4.98 Å². The number of aromatic nitrogens is 1. The zero-order valence-corrected chi connectivity index (χ0v) is 9.73. The second kappa shape index (κ2) is 4.72. The highest BCUT2D eigenvalue weighted by Crippen LogP contribution is 2.25. The van der Waals surface area contributed by atoms with Gasteiger partial charge in [0, 0.05) is 18.1 Å². The molecule has 1 aliphatic heterocycles. The predicted octanol–water partition coefficient (Wildman–Crippen LogP) is 2.37. The molecule has 17 heavy (non-hydrogen) atoms. The summed E-state index contributed by atoms with van der Waals surface area (Å²) in [6, 6.07) is 10.1. The van der Waals surface area contributed by atoms with Crippen LogP contribution in [0.25, 0.3) is 10.9 Å². The van der Waals surface area contributed by atoms with Crippen molar-refractivity contribution in [2.24, 2.45) is 0 Å². The van der Waals surface area contributed by atoms with Gasteiger partial charge < -0.3 is 10.1 Å². The summed E-state index contributed by atoms with van der Waals surface area (Å²) in [6.07, 6.45) is 4.42. The Balaban J connectivity index is 1.89. The third kappa shape index (κ3) is 2.24. The van der Waals surface area contributed by atoms with Crippen LogP contribution in [-0.2, 0) is 0 Å². The molecule has 1 fully saturated rings. The number of rotatable bonds is 2. The minimum absolute atomic E-state index is 0.287. The number of hydrogen-bond acceptors (Lipinski definition) is 3. The molecule has 0 unspecified atom stereocenters. The Labute approximate surface area is 101 Å². The highest BCUT2D eigenvalue weighted by molar-refractivity contribution is 5.84. The SMILES string of the molecule is c1ccc2c(O[C@H]3CCCNC3)ccnc2c1. The fraction of sp³-hybridized carbons (Fsp3) is 0.357. The first-order valence-corrected chi connectivity index (χ1v) is 6.14. The zero-order valence-electron chi connectivity index (χ0n) is 9.73. The van der Waals surface area contributed by atoms with E-state index in [0.717, 1.165) is 36.2 Å². The lowest BCUT2D eigenvalue weighted by Gasteiger charge is -2.24. The second-order valence-electron chi connectivity index (χ2n) is 4.41. The number of pyridine rings is 1. The summed E-state index contributed by atoms with van der Waals surface area (Å²) in [4.78, 5) is 4.34. The molecule has 1 aromatic carbocycles. The number of benzene rings is 1. The lowest BCUT2D eigenvalue weighted by molar-refractivity contribution is 0.169. The largest absolute Gasteiger partial charge is 0.488 e. The van der Waals surface area contributed by atoms with E-state index in [4.69, 9.17) is 4.74 Å². The second-order valence-corrected chi connectivity index (χ2v) is 4.41. The molecular formula is C14H16N2O. The van der Waals surface area contributed by atoms with Crippen LogP contribution in [0.5, 0.6) is 5.75 Å². The van der Waals surface area contributed by atoms with Crippen molar-refractivity contribution in [3.8, 4) is 5.75 Å². The Morgan fingerprint density at radius 1 is 1.24 bits per heavy atom. The number of fused-ring (bicyclic) bond motifs is 1. The fourth-order valence-electron chi connectivity index (χ4n) is 2.27. The van der Waals surface area contributed by atoms with Gasteiger partial charge in [0.15, 0.2) is 0 Å². The van der Waals surface area contributed by atoms with Crippen LogP contribution in [0.4, 0.5) is 0 Å². The van der Waals surface area contributed by atoms with Crippen LogP contribution in [-0.4, -0.2) is 24.2 Å². The van der Waals surface area contributed by atoms with Crippen LogP contribution in [0.3, 0.4) is 0 Å². The maximum Gasteiger partial charge on any atom is 0.130 e. The molecule has 1 atom stereocenters. The Kier molecular flexibility index (Phi) is 2.92. The average molecular weight is 228 g/mol. The first-order valence-electron chi connectivity index (χ1n) is 6.14. The predicted molar refractivity (Wildman–Crippen MR) is 68.3 cm³/mol. The molecule has 2 heterocycles. The first kappa shape index (κ1) is 10.5. The van der Waals surface area contributed by atoms with E-state index in [-0.39, 0.29) is 6.10 Å². The molecular weight excluding hydrogens is 212 g/mol. The molecule has 0 amide bonds. The summed E-state index contributed by atoms with van der Waals surface area (Å²) < 4.78 is 6.07. The molecule has 2 aromatic rings. The summed E-state index contributed by atoms with van der Waals surface area (Å²) in [5.74, 6) is 0.948. The van der Waals surface area contributed by atoms with E-state index in [1.165, 1.54) is 6.42 Å². The van der Waals surface area contributed by atoms with E-state index in [1.807, 2.05) is 30.5 Å². The van der Waals surface area contributed by atoms with Crippen molar-refractivity contribution in [1.82, 2.24) is 10.3 Å². The molecule has 3 rings (SSSR count). The summed E-state index contributed by atoms with van der Waals surface area (Å²) >= 11 is 0. The summed E-state index contributed by atoms with van der Waals surface area (Å²) in [6.45, 7) is 2.05. The van der Waals surface area contributed by atoms with Crippen LogP contribution in [0, 0.1) is 0 Å². The van der Waals surface area contributed by atoms with Crippen LogP contribution >= 0.6 is 0 Å². The Bertz CT molecular complexity index is 501. The van der Waals surface area contributed by atoms with Crippen molar-refractivity contribution in [3.05, 3.63) is 36.5 Å². The number of nitrogens with zero attached hydrogens (tertiary/aromatic N) is 1. The molecule has 3 heteroatoms. The van der Waals surface area contributed by atoms with Gasteiger partial charge in [0.05, 0.1) is 5.52 Å². The third-order valence-corrected chi connectivity index (χ3v) is 3.15. The lowest BCUT2D eigenvalue weighted by Crippen LogP contribution is -2.37. The maximum atomic E-state index is 6.07. The molecule has 1 saturated heterocycles. The van der Waals surface area contributed by atoms with Gasteiger partial charge in [-0.15, -0.1) is 0 Å². The van der Waals surface area contributed by atoms with Crippen LogP contribution < -0.4 is 10.1 Å². The molecule has 0 spiro atoms. The Hall–Kier alpha value is -1.61. The van der Waals surface area contributed by atoms with Gasteiger partial charge in [0.1, 0.15) is 11.9 Å². The molecule has 1 N–H and O–H groups in total. The number of ether oxygens (including phenoxy) is 1. The monoisotopic (exact) mass is 228 g/mol. The molecule has 3 nitrogen and oxygen atoms in total. The minimum Gasteiger partial charge on any atom is -0.488 e. The van der Waals surface area contributed by atoms with Gasteiger partial charge in [-0.1, -0.05) is 12.1 Å². The van der Waals surface area contributed by atoms with Crippen molar-refractivity contribution in [2.45, 2.75) is 18.9 Å². The number of para-hydroxylation sites is 1. The number of hydrogen-bond donors (Lipinski definition) is 1. The standard InChI is InChI=1S/C14H16N2O/c1-2-6-13-12(5-1)14(7-9-16-13)17-11-4-3-8-15-10-11/h1-2,5-7,9,11,15H,3-4,8,10H2/t11-/m0/s1. The average Bonchev–Trinajstić information content (AvgIpc) is 2.40. The minimum atomic E-state index is 0.287. The van der Waals surface area contributed by atoms with Crippen molar-refractivity contribution in [3.63, 3.8) is 0 Å². The van der Waals surface area contributed by atoms with Gasteiger partial charge in [0.2, 0.25) is 0 Å². The van der Waals surface area contributed by atoms with E-state index in [2.05, 4.69) is 16.4 Å². The van der Waals surface area contributed by atoms with Gasteiger partial charge >= 0.3 is 0 Å². The van der Waals surface area contributed by atoms with Crippen LogP contribution in [0.2, 0.25) is 0 Å². The molecule has 1 aromatic heterocycles.